The van der Waals surface area contributed by atoms with E-state index in [-0.39, 0.29) is 11.3 Å². The normalized spacial score (nSPS) is 10.3. The summed E-state index contributed by atoms with van der Waals surface area (Å²) < 4.78 is 1.87. The number of para-hydroxylation sites is 1. The summed E-state index contributed by atoms with van der Waals surface area (Å²) in [6, 6.07) is 13.6. The zero-order valence-electron chi connectivity index (χ0n) is 15.5. The van der Waals surface area contributed by atoms with Crippen molar-refractivity contribution in [1.29, 1.82) is 5.26 Å². The summed E-state index contributed by atoms with van der Waals surface area (Å²) in [6.45, 7) is 1.71. The molecular formula is C20H15BrClN5O2. The average molecular weight is 473 g/mol. The van der Waals surface area contributed by atoms with Gasteiger partial charge in [0.25, 0.3) is 11.8 Å². The first-order valence-corrected chi connectivity index (χ1v) is 9.61. The quantitative estimate of drug-likeness (QED) is 0.597. The molecule has 0 spiro atoms. The van der Waals surface area contributed by atoms with Gasteiger partial charge in [0.05, 0.1) is 33.6 Å². The predicted molar refractivity (Wildman–Crippen MR) is 114 cm³/mol. The number of nitrogens with zero attached hydrogens (tertiary/aromatic N) is 3. The summed E-state index contributed by atoms with van der Waals surface area (Å²) in [6.07, 6.45) is 0. The molecule has 0 bridgehead atoms. The number of amides is 2. The van der Waals surface area contributed by atoms with E-state index in [2.05, 4.69) is 31.7 Å². The van der Waals surface area contributed by atoms with Gasteiger partial charge in [0.1, 0.15) is 10.3 Å². The molecular weight excluding hydrogens is 458 g/mol. The van der Waals surface area contributed by atoms with Crippen LogP contribution >= 0.6 is 27.5 Å². The monoisotopic (exact) mass is 471 g/mol. The number of nitrogens with one attached hydrogen (secondary N) is 2. The van der Waals surface area contributed by atoms with Crippen molar-refractivity contribution in [2.45, 2.75) is 6.92 Å². The standard InChI is InChI=1S/C20H15BrClN5O2/c1-11-7-12(10-23)8-13(19(28)24-2)18(11)25-20(29)16-9-17(21)26-27(16)15-6-4-3-5-14(15)22/h3-9H,1-2H3,(H,24,28)(H,25,29). The number of aromatic nitrogens is 2. The molecule has 0 aliphatic carbocycles. The topological polar surface area (TPSA) is 99.8 Å². The fraction of sp³-hybridized carbons (Fsp3) is 0.100. The number of rotatable bonds is 4. The SMILES string of the molecule is CNC(=O)c1cc(C#N)cc(C)c1NC(=O)c1cc(Br)nn1-c1ccccc1Cl. The molecule has 7 nitrogen and oxygen atoms in total. The maximum absolute atomic E-state index is 13.1. The number of hydrogen-bond donors (Lipinski definition) is 2. The number of benzene rings is 2. The third-order valence-corrected chi connectivity index (χ3v) is 4.87. The Morgan fingerprint density at radius 1 is 1.21 bits per heavy atom. The molecule has 0 aliphatic heterocycles. The second kappa shape index (κ2) is 8.47. The van der Waals surface area contributed by atoms with Crippen LogP contribution in [0.5, 0.6) is 0 Å². The highest BCUT2D eigenvalue weighted by Gasteiger charge is 2.21. The molecule has 0 fully saturated rings. The van der Waals surface area contributed by atoms with E-state index in [1.807, 2.05) is 6.07 Å². The number of nitriles is 1. The zero-order valence-corrected chi connectivity index (χ0v) is 17.8. The van der Waals surface area contributed by atoms with E-state index in [1.165, 1.54) is 17.8 Å². The Bertz CT molecular complexity index is 1170. The Hall–Kier alpha value is -3.15. The van der Waals surface area contributed by atoms with Gasteiger partial charge in [0.2, 0.25) is 0 Å². The van der Waals surface area contributed by atoms with E-state index < -0.39 is 11.8 Å². The number of halogens is 2. The molecule has 29 heavy (non-hydrogen) atoms. The summed E-state index contributed by atoms with van der Waals surface area (Å²) in [5.41, 5.74) is 2.17. The summed E-state index contributed by atoms with van der Waals surface area (Å²) in [7, 11) is 1.48. The van der Waals surface area contributed by atoms with Crippen molar-refractivity contribution in [3.63, 3.8) is 0 Å². The number of carbonyl (C=O) groups excluding carboxylic acids is 2. The molecule has 1 heterocycles. The number of hydrogen-bond acceptors (Lipinski definition) is 4. The van der Waals surface area contributed by atoms with Gasteiger partial charge >= 0.3 is 0 Å². The van der Waals surface area contributed by atoms with Crippen LogP contribution < -0.4 is 10.6 Å². The molecule has 2 N–H and O–H groups in total. The maximum atomic E-state index is 13.1. The predicted octanol–water partition coefficient (Wildman–Crippen LogP) is 4.08. The van der Waals surface area contributed by atoms with Gasteiger partial charge < -0.3 is 10.6 Å². The summed E-state index contributed by atoms with van der Waals surface area (Å²) in [4.78, 5) is 25.4. The van der Waals surface area contributed by atoms with Gasteiger partial charge in [-0.25, -0.2) is 4.68 Å². The zero-order chi connectivity index (χ0) is 21.1. The van der Waals surface area contributed by atoms with E-state index in [0.717, 1.165) is 0 Å². The minimum atomic E-state index is -0.485. The van der Waals surface area contributed by atoms with Crippen LogP contribution in [-0.2, 0) is 0 Å². The molecule has 2 aromatic carbocycles. The fourth-order valence-corrected chi connectivity index (χ4v) is 3.42. The molecule has 0 unspecified atom stereocenters. The molecule has 3 aromatic rings. The lowest BCUT2D eigenvalue weighted by Gasteiger charge is -2.15. The van der Waals surface area contributed by atoms with Gasteiger partial charge in [-0.1, -0.05) is 23.7 Å². The Labute approximate surface area is 180 Å². The highest BCUT2D eigenvalue weighted by Crippen LogP contribution is 2.26. The van der Waals surface area contributed by atoms with Gasteiger partial charge in [-0.3, -0.25) is 9.59 Å². The molecule has 1 aromatic heterocycles. The molecule has 2 amide bonds. The number of anilines is 1. The molecule has 0 saturated carbocycles. The van der Waals surface area contributed by atoms with Crippen LogP contribution in [0.25, 0.3) is 5.69 Å². The lowest BCUT2D eigenvalue weighted by atomic mass is 10.0. The Morgan fingerprint density at radius 3 is 2.59 bits per heavy atom. The minimum absolute atomic E-state index is 0.195. The molecule has 3 rings (SSSR count). The van der Waals surface area contributed by atoms with Crippen LogP contribution in [0, 0.1) is 18.3 Å². The van der Waals surface area contributed by atoms with E-state index in [4.69, 9.17) is 11.6 Å². The summed E-state index contributed by atoms with van der Waals surface area (Å²) >= 11 is 9.54. The highest BCUT2D eigenvalue weighted by molar-refractivity contribution is 9.10. The van der Waals surface area contributed by atoms with Gasteiger partial charge in [-0.15, -0.1) is 0 Å². The highest BCUT2D eigenvalue weighted by atomic mass is 79.9. The van der Waals surface area contributed by atoms with Crippen molar-refractivity contribution in [1.82, 2.24) is 15.1 Å². The lowest BCUT2D eigenvalue weighted by Crippen LogP contribution is -2.23. The average Bonchev–Trinajstić information content (AvgIpc) is 3.10. The Morgan fingerprint density at radius 2 is 1.93 bits per heavy atom. The van der Waals surface area contributed by atoms with Crippen molar-refractivity contribution < 1.29 is 9.59 Å². The van der Waals surface area contributed by atoms with E-state index >= 15 is 0 Å². The molecule has 0 atom stereocenters. The van der Waals surface area contributed by atoms with E-state index in [9.17, 15) is 14.9 Å². The van der Waals surface area contributed by atoms with Crippen LogP contribution in [-0.4, -0.2) is 28.6 Å². The van der Waals surface area contributed by atoms with Crippen molar-refractivity contribution in [3.8, 4) is 11.8 Å². The van der Waals surface area contributed by atoms with E-state index in [0.29, 0.717) is 32.1 Å². The first-order valence-electron chi connectivity index (χ1n) is 8.44. The van der Waals surface area contributed by atoms with Crippen LogP contribution in [0.4, 0.5) is 5.69 Å². The second-order valence-electron chi connectivity index (χ2n) is 6.08. The van der Waals surface area contributed by atoms with Crippen molar-refractivity contribution in [2.24, 2.45) is 0 Å². The van der Waals surface area contributed by atoms with Crippen molar-refractivity contribution in [2.75, 3.05) is 12.4 Å². The van der Waals surface area contributed by atoms with Crippen molar-refractivity contribution >= 4 is 45.0 Å². The number of aryl methyl sites for hydroxylation is 1. The third-order valence-electron chi connectivity index (χ3n) is 4.17. The first-order chi connectivity index (χ1) is 13.8. The fourth-order valence-electron chi connectivity index (χ4n) is 2.83. The van der Waals surface area contributed by atoms with Crippen molar-refractivity contribution in [3.05, 3.63) is 74.5 Å². The van der Waals surface area contributed by atoms with Crippen LogP contribution in [0.15, 0.2) is 47.1 Å². The summed E-state index contributed by atoms with van der Waals surface area (Å²) in [5.74, 6) is -0.901. The van der Waals surface area contributed by atoms with Gasteiger partial charge in [-0.05, 0) is 52.7 Å². The summed E-state index contributed by atoms with van der Waals surface area (Å²) in [5, 5.41) is 19.2. The van der Waals surface area contributed by atoms with Crippen LogP contribution in [0.3, 0.4) is 0 Å². The lowest BCUT2D eigenvalue weighted by molar-refractivity contribution is 0.0964. The molecule has 9 heteroatoms. The maximum Gasteiger partial charge on any atom is 0.274 e. The minimum Gasteiger partial charge on any atom is -0.355 e. The molecule has 146 valence electrons. The van der Waals surface area contributed by atoms with E-state index in [1.54, 1.807) is 43.3 Å². The smallest absolute Gasteiger partial charge is 0.274 e. The number of carbonyl (C=O) groups is 2. The van der Waals surface area contributed by atoms with Gasteiger partial charge in [0, 0.05) is 13.1 Å². The largest absolute Gasteiger partial charge is 0.355 e. The molecule has 0 saturated heterocycles. The van der Waals surface area contributed by atoms with Crippen LogP contribution in [0.1, 0.15) is 32.0 Å². The third kappa shape index (κ3) is 4.16. The first kappa shape index (κ1) is 20.6. The molecule has 0 aliphatic rings. The molecule has 0 radical (unpaired) electrons. The van der Waals surface area contributed by atoms with Gasteiger partial charge in [0.15, 0.2) is 0 Å². The van der Waals surface area contributed by atoms with Crippen LogP contribution in [0.2, 0.25) is 5.02 Å². The Kier molecular flexibility index (Phi) is 6.01. The van der Waals surface area contributed by atoms with Gasteiger partial charge in [-0.2, -0.15) is 10.4 Å². The Balaban J connectivity index is 2.06. The second-order valence-corrected chi connectivity index (χ2v) is 7.30.